The Morgan fingerprint density at radius 1 is 0.243 bits per heavy atom. The highest BCUT2D eigenvalue weighted by atomic mass is 31.2. The predicted octanol–water partition coefficient (Wildman–Crippen LogP) is 27.7. The minimum atomic E-state index is -4.95. The first-order chi connectivity index (χ1) is 56.2. The van der Waals surface area contributed by atoms with Gasteiger partial charge in [0.15, 0.2) is 6.10 Å². The van der Waals surface area contributed by atoms with Gasteiger partial charge in [-0.15, -0.1) is 0 Å². The van der Waals surface area contributed by atoms with Crippen LogP contribution in [-0.2, 0) is 55.8 Å². The SMILES string of the molecule is CC/C=C\C/C=C\C/C=C\C/C=C\C/C=C\C/C=C\CCCCCCCCCCCCC(=O)OCC(COP(=O)(O)OCC(O)COP(=O)(O)OCC(O)COC(=O)CCCCCCCCCCCCCCCCCCC/C=C\C/C=C\C/C=C\C/C=C\C/C=C\CC)OC(=O)CCCCCC/C=C\C/C=C\C/C=C\C/C=C\CC. The van der Waals surface area contributed by atoms with Gasteiger partial charge in [-0.2, -0.15) is 0 Å². The average Bonchev–Trinajstić information content (AvgIpc) is 0.897. The Bertz CT molecular complexity index is 2820. The normalized spacial score (nSPS) is 14.7. The monoisotopic (exact) mass is 1650 g/mol. The van der Waals surface area contributed by atoms with Crippen LogP contribution in [-0.4, -0.2) is 95.9 Å². The van der Waals surface area contributed by atoms with Crippen LogP contribution < -0.4 is 0 Å². The van der Waals surface area contributed by atoms with Crippen LogP contribution in [0.15, 0.2) is 182 Å². The quantitative estimate of drug-likeness (QED) is 0.0146. The smallest absolute Gasteiger partial charge is 0.463 e. The lowest BCUT2D eigenvalue weighted by Crippen LogP contribution is -2.30. The van der Waals surface area contributed by atoms with Crippen molar-refractivity contribution < 1.29 is 75.8 Å². The number of aliphatic hydroxyl groups is 2. The van der Waals surface area contributed by atoms with Gasteiger partial charge in [-0.05, 0) is 154 Å². The summed E-state index contributed by atoms with van der Waals surface area (Å²) >= 11 is 0. The number of aliphatic hydroxyl groups excluding tert-OH is 2. The van der Waals surface area contributed by atoms with Crippen molar-refractivity contribution in [3.05, 3.63) is 182 Å². The number of allylic oxidation sites excluding steroid dienone is 30. The van der Waals surface area contributed by atoms with Gasteiger partial charge in [-0.3, -0.25) is 32.5 Å². The zero-order chi connectivity index (χ0) is 83.6. The van der Waals surface area contributed by atoms with E-state index in [-0.39, 0.29) is 19.3 Å². The van der Waals surface area contributed by atoms with Crippen molar-refractivity contribution >= 4 is 33.6 Å². The molecule has 0 aromatic rings. The first kappa shape index (κ1) is 110. The minimum Gasteiger partial charge on any atom is -0.463 e. The Kier molecular flexibility index (Phi) is 83.9. The molecule has 0 bridgehead atoms. The first-order valence-electron chi connectivity index (χ1n) is 45.1. The third-order valence-electron chi connectivity index (χ3n) is 18.6. The van der Waals surface area contributed by atoms with Gasteiger partial charge in [-0.25, -0.2) is 9.13 Å². The average molecular weight is 1650 g/mol. The van der Waals surface area contributed by atoms with Crippen molar-refractivity contribution in [2.75, 3.05) is 39.6 Å². The van der Waals surface area contributed by atoms with Crippen LogP contribution in [0, 0.1) is 0 Å². The fourth-order valence-electron chi connectivity index (χ4n) is 11.9. The molecule has 0 aromatic heterocycles. The van der Waals surface area contributed by atoms with E-state index in [2.05, 4.69) is 203 Å². The second-order valence-electron chi connectivity index (χ2n) is 29.6. The van der Waals surface area contributed by atoms with Gasteiger partial charge in [0.1, 0.15) is 25.4 Å². The molecule has 0 fully saturated rings. The standard InChI is InChI=1S/C97H162O16P2/c1-4-7-10-13-16-19-22-25-28-31-33-35-37-39-41-43-44-45-46-48-50-51-53-55-57-60-62-65-68-71-74-77-80-83-95(100)107-86-92(98)87-109-114(103,104)110-88-93(99)89-111-115(105,106)112-91-94(113-97(102)85-82-79-76-73-70-67-64-59-30-27-24-21-18-15-12-9-6-3)90-108-96(101)84-81-78-75-72-69-66-63-61-58-56-54-52-49-47-42-40-38-36-34-32-29-26-23-20-17-14-11-8-5-2/h7-12,16-21,25-30,33-36,39-42,49,52,64,67,92-94,98-99H,4-6,13-15,22-24,31-32,37-38,43-48,50-51,53-63,65-66,68-91H2,1-3H3,(H,103,104)(H,105,106)/b10-7-,11-8-,12-9-,19-16-,20-17-,21-18-,28-25-,29-26-,30-27-,35-33-,36-34-,41-39-,42-40-,52-49-,67-64-. The third kappa shape index (κ3) is 89.3. The highest BCUT2D eigenvalue weighted by molar-refractivity contribution is 7.47. The highest BCUT2D eigenvalue weighted by Gasteiger charge is 2.29. The largest absolute Gasteiger partial charge is 0.472 e. The predicted molar refractivity (Wildman–Crippen MR) is 481 cm³/mol. The first-order valence-corrected chi connectivity index (χ1v) is 48.1. The summed E-state index contributed by atoms with van der Waals surface area (Å²) in [4.78, 5) is 58.9. The Balaban J connectivity index is 4.53. The van der Waals surface area contributed by atoms with Crippen LogP contribution in [0.2, 0.25) is 0 Å². The summed E-state index contributed by atoms with van der Waals surface area (Å²) in [6, 6.07) is 0. The Hall–Kier alpha value is -5.35. The van der Waals surface area contributed by atoms with E-state index in [9.17, 15) is 43.5 Å². The number of hydrogen-bond donors (Lipinski definition) is 4. The van der Waals surface area contributed by atoms with E-state index in [0.29, 0.717) is 19.3 Å². The summed E-state index contributed by atoms with van der Waals surface area (Å²) in [6.45, 7) is 2.33. The molecule has 0 radical (unpaired) electrons. The summed E-state index contributed by atoms with van der Waals surface area (Å²) in [5, 5.41) is 20.7. The zero-order valence-corrected chi connectivity index (χ0v) is 73.9. The molecule has 0 aliphatic carbocycles. The fraction of sp³-hybridized carbons (Fsp3) is 0.660. The zero-order valence-electron chi connectivity index (χ0n) is 72.1. The van der Waals surface area contributed by atoms with Crippen molar-refractivity contribution in [3.63, 3.8) is 0 Å². The topological polar surface area (TPSA) is 231 Å². The number of carbonyl (C=O) groups excluding carboxylic acids is 3. The molecule has 5 unspecified atom stereocenters. The van der Waals surface area contributed by atoms with Crippen LogP contribution in [0.25, 0.3) is 0 Å². The van der Waals surface area contributed by atoms with Gasteiger partial charge in [0, 0.05) is 19.3 Å². The van der Waals surface area contributed by atoms with Gasteiger partial charge in [0.25, 0.3) is 0 Å². The molecule has 0 aromatic carbocycles. The molecule has 16 nitrogen and oxygen atoms in total. The summed E-state index contributed by atoms with van der Waals surface area (Å²) in [6.07, 6.45) is 115. The van der Waals surface area contributed by atoms with E-state index in [4.69, 9.17) is 32.3 Å². The highest BCUT2D eigenvalue weighted by Crippen LogP contribution is 2.45. The van der Waals surface area contributed by atoms with Gasteiger partial charge in [0.2, 0.25) is 0 Å². The van der Waals surface area contributed by atoms with E-state index in [1.54, 1.807) is 0 Å². The number of rotatable bonds is 84. The third-order valence-corrected chi connectivity index (χ3v) is 20.5. The Morgan fingerprint density at radius 2 is 0.435 bits per heavy atom. The second kappa shape index (κ2) is 87.9. The van der Waals surface area contributed by atoms with Gasteiger partial charge >= 0.3 is 33.6 Å². The van der Waals surface area contributed by atoms with Crippen molar-refractivity contribution in [1.82, 2.24) is 0 Å². The maximum atomic E-state index is 13.0. The molecule has 0 heterocycles. The van der Waals surface area contributed by atoms with Crippen LogP contribution >= 0.6 is 15.6 Å². The molecule has 4 N–H and O–H groups in total. The van der Waals surface area contributed by atoms with Crippen molar-refractivity contribution in [2.45, 2.75) is 373 Å². The number of hydrogen-bond acceptors (Lipinski definition) is 14. The molecular weight excluding hydrogens is 1480 g/mol. The van der Waals surface area contributed by atoms with Crippen LogP contribution in [0.4, 0.5) is 0 Å². The lowest BCUT2D eigenvalue weighted by molar-refractivity contribution is -0.161. The number of esters is 3. The van der Waals surface area contributed by atoms with Crippen molar-refractivity contribution in [1.29, 1.82) is 0 Å². The maximum Gasteiger partial charge on any atom is 0.472 e. The molecule has 0 saturated heterocycles. The Morgan fingerprint density at radius 3 is 0.687 bits per heavy atom. The number of ether oxygens (including phenoxy) is 3. The summed E-state index contributed by atoms with van der Waals surface area (Å²) in [7, 11) is -9.82. The van der Waals surface area contributed by atoms with E-state index in [1.807, 2.05) is 0 Å². The number of phosphoric ester groups is 2. The lowest BCUT2D eigenvalue weighted by Gasteiger charge is -2.21. The van der Waals surface area contributed by atoms with Crippen LogP contribution in [0.1, 0.15) is 355 Å². The fourth-order valence-corrected chi connectivity index (χ4v) is 13.5. The molecule has 5 atom stereocenters. The molecule has 0 aliphatic heterocycles. The molecule has 0 aliphatic rings. The van der Waals surface area contributed by atoms with Gasteiger partial charge in [0.05, 0.1) is 26.4 Å². The summed E-state index contributed by atoms with van der Waals surface area (Å²) < 4.78 is 61.4. The van der Waals surface area contributed by atoms with E-state index >= 15 is 0 Å². The van der Waals surface area contributed by atoms with E-state index < -0.39 is 91.5 Å². The van der Waals surface area contributed by atoms with Crippen molar-refractivity contribution in [2.24, 2.45) is 0 Å². The van der Waals surface area contributed by atoms with Crippen molar-refractivity contribution in [3.8, 4) is 0 Å². The van der Waals surface area contributed by atoms with E-state index in [0.717, 1.165) is 173 Å². The lowest BCUT2D eigenvalue weighted by atomic mass is 10.0. The summed E-state index contributed by atoms with van der Waals surface area (Å²) in [5.74, 6) is -1.61. The molecule has 0 amide bonds. The maximum absolute atomic E-state index is 13.0. The summed E-state index contributed by atoms with van der Waals surface area (Å²) in [5.41, 5.74) is 0. The molecule has 115 heavy (non-hydrogen) atoms. The van der Waals surface area contributed by atoms with Crippen LogP contribution in [0.3, 0.4) is 0 Å². The second-order valence-corrected chi connectivity index (χ2v) is 32.5. The molecule has 0 rings (SSSR count). The molecule has 0 spiro atoms. The number of unbranched alkanes of at least 4 members (excludes halogenated alkanes) is 31. The molecule has 656 valence electrons. The van der Waals surface area contributed by atoms with Gasteiger partial charge in [-0.1, -0.05) is 364 Å². The Labute approximate surface area is 700 Å². The number of carbonyl (C=O) groups is 3. The molecular formula is C97H162O16P2. The molecule has 0 saturated carbocycles. The minimum absolute atomic E-state index is 0.0706. The van der Waals surface area contributed by atoms with Gasteiger partial charge < -0.3 is 34.2 Å². The molecule has 18 heteroatoms. The number of phosphoric acid groups is 2. The van der Waals surface area contributed by atoms with Crippen LogP contribution in [0.5, 0.6) is 0 Å². The van der Waals surface area contributed by atoms with E-state index in [1.165, 1.54) is 122 Å².